The molecule has 0 spiro atoms. The van der Waals surface area contributed by atoms with Gasteiger partial charge in [0.25, 0.3) is 0 Å². The molecule has 2 amide bonds. The predicted octanol–water partition coefficient (Wildman–Crippen LogP) is 5.54. The van der Waals surface area contributed by atoms with Gasteiger partial charge < -0.3 is 0 Å². The lowest BCUT2D eigenvalue weighted by Crippen LogP contribution is -2.40. The zero-order valence-corrected chi connectivity index (χ0v) is 19.2. The average Bonchev–Trinajstić information content (AvgIpc) is 3.74. The van der Waals surface area contributed by atoms with Crippen molar-refractivity contribution < 1.29 is 14.4 Å². The molecule has 1 aliphatic heterocycles. The maximum Gasteiger partial charge on any atom is 0.238 e. The zero-order chi connectivity index (χ0) is 22.6. The number of Topliss-reactive ketones (excluding diaryl/α,β-unsaturated/α-hetero) is 1. The average molecular weight is 478 g/mol. The first kappa shape index (κ1) is 20.0. The van der Waals surface area contributed by atoms with E-state index in [0.29, 0.717) is 33.1 Å². The number of ketones is 1. The van der Waals surface area contributed by atoms with Gasteiger partial charge in [0.15, 0.2) is 5.78 Å². The molecule has 0 N–H and O–H groups in total. The molecule has 6 aliphatic rings. The number of allylic oxidation sites excluding steroid dienone is 2. The second-order valence-corrected chi connectivity index (χ2v) is 11.0. The summed E-state index contributed by atoms with van der Waals surface area (Å²) < 4.78 is 0. The Kier molecular flexibility index (Phi) is 4.12. The molecule has 1 heterocycles. The van der Waals surface area contributed by atoms with Gasteiger partial charge in [0, 0.05) is 11.5 Å². The van der Waals surface area contributed by atoms with E-state index < -0.39 is 0 Å². The number of rotatable bonds is 4. The highest BCUT2D eigenvalue weighted by Gasteiger charge is 2.67. The fourth-order valence-electron chi connectivity index (χ4n) is 6.80. The van der Waals surface area contributed by atoms with Crippen LogP contribution in [0.2, 0.25) is 10.0 Å². The van der Waals surface area contributed by atoms with E-state index in [4.69, 9.17) is 23.2 Å². The Morgan fingerprint density at radius 1 is 0.818 bits per heavy atom. The van der Waals surface area contributed by atoms with E-state index in [9.17, 15) is 14.4 Å². The number of carbonyl (C=O) groups is 3. The summed E-state index contributed by atoms with van der Waals surface area (Å²) in [5.41, 5.74) is 2.27. The van der Waals surface area contributed by atoms with Gasteiger partial charge in [-0.2, -0.15) is 0 Å². The smallest absolute Gasteiger partial charge is 0.238 e. The summed E-state index contributed by atoms with van der Waals surface area (Å²) in [6.07, 6.45) is 6.32. The van der Waals surface area contributed by atoms with Crippen molar-refractivity contribution in [2.45, 2.75) is 18.8 Å². The minimum absolute atomic E-state index is 0.0402. The van der Waals surface area contributed by atoms with E-state index in [-0.39, 0.29) is 53.1 Å². The van der Waals surface area contributed by atoms with Crippen LogP contribution in [0, 0.1) is 41.4 Å². The Bertz CT molecular complexity index is 1230. The Morgan fingerprint density at radius 3 is 2.06 bits per heavy atom. The molecule has 2 aromatic rings. The van der Waals surface area contributed by atoms with Crippen LogP contribution in [-0.4, -0.2) is 17.6 Å². The normalized spacial score (nSPS) is 37.2. The molecule has 0 aromatic heterocycles. The largest absolute Gasteiger partial charge is 0.294 e. The van der Waals surface area contributed by atoms with Crippen LogP contribution >= 0.6 is 23.2 Å². The number of nitrogens with zero attached hydrogens (tertiary/aromatic N) is 1. The molecule has 166 valence electrons. The highest BCUT2D eigenvalue weighted by Crippen LogP contribution is 2.65. The predicted molar refractivity (Wildman–Crippen MR) is 125 cm³/mol. The lowest BCUT2D eigenvalue weighted by molar-refractivity contribution is -0.124. The van der Waals surface area contributed by atoms with Gasteiger partial charge in [-0.15, -0.1) is 0 Å². The van der Waals surface area contributed by atoms with Crippen LogP contribution in [0.3, 0.4) is 0 Å². The van der Waals surface area contributed by atoms with Gasteiger partial charge >= 0.3 is 0 Å². The summed E-state index contributed by atoms with van der Waals surface area (Å²) in [7, 11) is 0. The van der Waals surface area contributed by atoms with E-state index in [1.54, 1.807) is 18.2 Å². The van der Waals surface area contributed by atoms with Gasteiger partial charge in [0.1, 0.15) is 0 Å². The molecule has 6 heteroatoms. The van der Waals surface area contributed by atoms with Crippen molar-refractivity contribution in [2.24, 2.45) is 41.4 Å². The molecular formula is C27H21Cl2NO3. The second-order valence-electron chi connectivity index (χ2n) is 10.2. The summed E-state index contributed by atoms with van der Waals surface area (Å²) >= 11 is 12.0. The fraction of sp³-hybridized carbons (Fsp3) is 0.370. The van der Waals surface area contributed by atoms with Crippen LogP contribution in [0.1, 0.15) is 34.7 Å². The number of amides is 2. The number of carbonyl (C=O) groups excluding carboxylic acids is 3. The molecule has 3 saturated carbocycles. The van der Waals surface area contributed by atoms with Gasteiger partial charge in [0.05, 0.1) is 27.6 Å². The second kappa shape index (κ2) is 6.80. The van der Waals surface area contributed by atoms with Crippen molar-refractivity contribution >= 4 is 46.5 Å². The first-order chi connectivity index (χ1) is 15.9. The van der Waals surface area contributed by atoms with Crippen molar-refractivity contribution in [1.82, 2.24) is 0 Å². The number of hydrogen-bond acceptors (Lipinski definition) is 3. The molecule has 8 rings (SSSR count). The lowest BCUT2D eigenvalue weighted by Gasteiger charge is -2.37. The number of anilines is 1. The number of halogens is 2. The number of imide groups is 1. The number of hydrogen-bond donors (Lipinski definition) is 0. The highest BCUT2D eigenvalue weighted by molar-refractivity contribution is 6.42. The van der Waals surface area contributed by atoms with Crippen LogP contribution in [0.4, 0.5) is 5.69 Å². The molecule has 8 atom stereocenters. The molecule has 8 unspecified atom stereocenters. The Labute approximate surface area is 201 Å². The molecule has 2 aromatic carbocycles. The molecular weight excluding hydrogens is 457 g/mol. The quantitative estimate of drug-likeness (QED) is 0.330. The molecule has 2 bridgehead atoms. The summed E-state index contributed by atoms with van der Waals surface area (Å²) in [4.78, 5) is 40.9. The Balaban J connectivity index is 1.09. The molecule has 4 nitrogen and oxygen atoms in total. The van der Waals surface area contributed by atoms with Crippen LogP contribution in [0.25, 0.3) is 0 Å². The van der Waals surface area contributed by atoms with Gasteiger partial charge in [0.2, 0.25) is 11.8 Å². The Morgan fingerprint density at radius 2 is 1.45 bits per heavy atom. The minimum Gasteiger partial charge on any atom is -0.294 e. The van der Waals surface area contributed by atoms with Gasteiger partial charge in [-0.05, 0) is 78.3 Å². The van der Waals surface area contributed by atoms with E-state index in [0.717, 1.165) is 18.4 Å². The third kappa shape index (κ3) is 2.80. The van der Waals surface area contributed by atoms with E-state index in [2.05, 4.69) is 12.2 Å². The first-order valence-electron chi connectivity index (χ1n) is 11.6. The van der Waals surface area contributed by atoms with Gasteiger partial charge in [-0.3, -0.25) is 19.3 Å². The van der Waals surface area contributed by atoms with Crippen LogP contribution in [0.5, 0.6) is 0 Å². The Hall–Kier alpha value is -2.43. The summed E-state index contributed by atoms with van der Waals surface area (Å²) in [5.74, 6) is 1.32. The standard InChI is InChI=1S/C27H21Cl2NO3/c28-21-8-3-13(9-22(21)29)25(31)20-10-17(20)12-1-4-14(5-2-12)30-26(32)23-15-6-7-16(19-11-18(15)19)24(23)27(30)33/h1-9,15-20,23-24H,10-11H2. The van der Waals surface area contributed by atoms with Crippen molar-refractivity contribution in [3.8, 4) is 0 Å². The van der Waals surface area contributed by atoms with Gasteiger partial charge in [-0.1, -0.05) is 47.5 Å². The summed E-state index contributed by atoms with van der Waals surface area (Å²) in [5, 5.41) is 0.813. The van der Waals surface area contributed by atoms with Crippen LogP contribution < -0.4 is 4.90 Å². The molecule has 0 radical (unpaired) electrons. The topological polar surface area (TPSA) is 54.5 Å². The summed E-state index contributed by atoms with van der Waals surface area (Å²) in [6, 6.07) is 12.6. The van der Waals surface area contributed by atoms with Crippen LogP contribution in [-0.2, 0) is 9.59 Å². The third-order valence-corrected chi connectivity index (χ3v) is 9.31. The van der Waals surface area contributed by atoms with Gasteiger partial charge in [-0.25, -0.2) is 0 Å². The molecule has 33 heavy (non-hydrogen) atoms. The zero-order valence-electron chi connectivity index (χ0n) is 17.7. The van der Waals surface area contributed by atoms with E-state index in [1.165, 1.54) is 4.90 Å². The fourth-order valence-corrected chi connectivity index (χ4v) is 7.10. The lowest BCUT2D eigenvalue weighted by atomic mass is 9.63. The molecule has 4 fully saturated rings. The maximum atomic E-state index is 13.3. The third-order valence-electron chi connectivity index (χ3n) is 8.57. The van der Waals surface area contributed by atoms with Crippen molar-refractivity contribution in [3.63, 3.8) is 0 Å². The van der Waals surface area contributed by atoms with E-state index in [1.807, 2.05) is 24.3 Å². The maximum absolute atomic E-state index is 13.3. The van der Waals surface area contributed by atoms with Crippen molar-refractivity contribution in [2.75, 3.05) is 4.90 Å². The monoisotopic (exact) mass is 477 g/mol. The van der Waals surface area contributed by atoms with Crippen LogP contribution in [0.15, 0.2) is 54.6 Å². The van der Waals surface area contributed by atoms with Crippen molar-refractivity contribution in [3.05, 3.63) is 75.8 Å². The first-order valence-corrected chi connectivity index (χ1v) is 12.3. The highest BCUT2D eigenvalue weighted by atomic mass is 35.5. The minimum atomic E-state index is -0.187. The number of benzene rings is 2. The van der Waals surface area contributed by atoms with Crippen molar-refractivity contribution in [1.29, 1.82) is 0 Å². The summed E-state index contributed by atoms with van der Waals surface area (Å²) in [6.45, 7) is 0. The SMILES string of the molecule is O=C(c1ccc(Cl)c(Cl)c1)C1CC1c1ccc(N2C(=O)C3C4C=CC(C5CC45)C3C2=O)cc1. The van der Waals surface area contributed by atoms with E-state index >= 15 is 0 Å². The molecule has 5 aliphatic carbocycles. The molecule has 1 saturated heterocycles.